The van der Waals surface area contributed by atoms with Crippen LogP contribution in [0, 0.1) is 5.92 Å². The van der Waals surface area contributed by atoms with Crippen molar-refractivity contribution in [3.63, 3.8) is 0 Å². The lowest BCUT2D eigenvalue weighted by molar-refractivity contribution is -0.104. The van der Waals surface area contributed by atoms with Crippen molar-refractivity contribution in [2.45, 2.75) is 13.3 Å². The van der Waals surface area contributed by atoms with Crippen LogP contribution in [-0.4, -0.2) is 6.29 Å². The molecule has 0 radical (unpaired) electrons. The molecule has 1 atom stereocenters. The third-order valence-corrected chi connectivity index (χ3v) is 2.22. The molecule has 0 aromatic rings. The van der Waals surface area contributed by atoms with Crippen molar-refractivity contribution in [2.75, 3.05) is 0 Å². The highest BCUT2D eigenvalue weighted by molar-refractivity contribution is 6.30. The lowest BCUT2D eigenvalue weighted by Crippen LogP contribution is -1.99. The molecule has 2 heteroatoms. The zero-order chi connectivity index (χ0) is 8.97. The van der Waals surface area contributed by atoms with Crippen LogP contribution in [0.15, 0.2) is 34.9 Å². The van der Waals surface area contributed by atoms with Crippen LogP contribution >= 0.6 is 11.6 Å². The zero-order valence-electron chi connectivity index (χ0n) is 6.96. The predicted octanol–water partition coefficient (Wildman–Crippen LogP) is 2.83. The molecule has 0 bridgehead atoms. The van der Waals surface area contributed by atoms with Crippen molar-refractivity contribution >= 4 is 17.9 Å². The maximum atomic E-state index is 10.1. The first-order valence-electron chi connectivity index (χ1n) is 3.90. The van der Waals surface area contributed by atoms with E-state index in [1.165, 1.54) is 11.6 Å². The van der Waals surface area contributed by atoms with E-state index in [0.29, 0.717) is 0 Å². The van der Waals surface area contributed by atoms with Gasteiger partial charge in [0.05, 0.1) is 0 Å². The first-order valence-corrected chi connectivity index (χ1v) is 4.27. The van der Waals surface area contributed by atoms with Crippen LogP contribution in [0.1, 0.15) is 13.3 Å². The molecule has 0 aliphatic heterocycles. The summed E-state index contributed by atoms with van der Waals surface area (Å²) in [7, 11) is 0. The maximum absolute atomic E-state index is 10.1. The molecule has 1 rings (SSSR count). The van der Waals surface area contributed by atoms with Gasteiger partial charge < -0.3 is 0 Å². The quantitative estimate of drug-likeness (QED) is 0.474. The Morgan fingerprint density at radius 1 is 1.67 bits per heavy atom. The Kier molecular flexibility index (Phi) is 3.30. The fraction of sp³-hybridized carbons (Fsp3) is 0.300. The van der Waals surface area contributed by atoms with E-state index in [1.54, 1.807) is 0 Å². The fourth-order valence-electron chi connectivity index (χ4n) is 1.16. The molecule has 0 saturated heterocycles. The van der Waals surface area contributed by atoms with Crippen LogP contribution in [0.2, 0.25) is 0 Å². The number of carbonyl (C=O) groups is 1. The summed E-state index contributed by atoms with van der Waals surface area (Å²) in [5, 5.41) is 0.813. The molecule has 0 aromatic heterocycles. The monoisotopic (exact) mass is 182 g/mol. The summed E-state index contributed by atoms with van der Waals surface area (Å²) in [4.78, 5) is 10.1. The minimum absolute atomic E-state index is 0.195. The molecule has 0 saturated carbocycles. The van der Waals surface area contributed by atoms with Crippen molar-refractivity contribution in [1.82, 2.24) is 0 Å². The van der Waals surface area contributed by atoms with Gasteiger partial charge in [0.25, 0.3) is 0 Å². The molecule has 0 heterocycles. The third kappa shape index (κ3) is 2.35. The van der Waals surface area contributed by atoms with E-state index in [-0.39, 0.29) is 5.92 Å². The zero-order valence-corrected chi connectivity index (χ0v) is 7.71. The molecule has 0 N–H and O–H groups in total. The summed E-state index contributed by atoms with van der Waals surface area (Å²) >= 11 is 5.97. The van der Waals surface area contributed by atoms with E-state index < -0.39 is 0 Å². The molecule has 1 nitrogen and oxygen atoms in total. The van der Waals surface area contributed by atoms with Gasteiger partial charge in [-0.15, -0.1) is 0 Å². The number of aldehydes is 1. The molecule has 0 fully saturated rings. The molecule has 1 aliphatic rings. The minimum Gasteiger partial charge on any atom is -0.299 e. The second kappa shape index (κ2) is 4.27. The molecule has 0 amide bonds. The van der Waals surface area contributed by atoms with Crippen LogP contribution < -0.4 is 0 Å². The highest BCUT2D eigenvalue weighted by atomic mass is 35.5. The Bertz CT molecular complexity index is 261. The second-order valence-corrected chi connectivity index (χ2v) is 3.28. The Morgan fingerprint density at radius 2 is 2.42 bits per heavy atom. The summed E-state index contributed by atoms with van der Waals surface area (Å²) in [5.74, 6) is 0.195. The minimum atomic E-state index is 0.195. The van der Waals surface area contributed by atoms with Crippen molar-refractivity contribution in [3.05, 3.63) is 34.9 Å². The normalized spacial score (nSPS) is 23.7. The van der Waals surface area contributed by atoms with Gasteiger partial charge in [0.15, 0.2) is 0 Å². The molecule has 12 heavy (non-hydrogen) atoms. The Morgan fingerprint density at radius 3 is 3.00 bits per heavy atom. The summed E-state index contributed by atoms with van der Waals surface area (Å²) in [5.41, 5.74) is 1.19. The largest absolute Gasteiger partial charge is 0.299 e. The van der Waals surface area contributed by atoms with Gasteiger partial charge in [0.1, 0.15) is 6.29 Å². The molecule has 1 aliphatic carbocycles. The van der Waals surface area contributed by atoms with Gasteiger partial charge in [-0.05, 0) is 25.5 Å². The van der Waals surface area contributed by atoms with Crippen LogP contribution in [-0.2, 0) is 4.79 Å². The van der Waals surface area contributed by atoms with Gasteiger partial charge in [-0.2, -0.15) is 0 Å². The van der Waals surface area contributed by atoms with Crippen molar-refractivity contribution in [3.8, 4) is 0 Å². The van der Waals surface area contributed by atoms with E-state index in [9.17, 15) is 4.79 Å². The van der Waals surface area contributed by atoms with Crippen molar-refractivity contribution < 1.29 is 4.79 Å². The Balaban J connectivity index is 2.67. The molecule has 0 spiro atoms. The molecular formula is C10H11ClO. The summed E-state index contributed by atoms with van der Waals surface area (Å²) in [6.45, 7) is 2.02. The number of hydrogen-bond donors (Lipinski definition) is 0. The van der Waals surface area contributed by atoms with Crippen molar-refractivity contribution in [1.29, 1.82) is 0 Å². The Labute approximate surface area is 77.4 Å². The van der Waals surface area contributed by atoms with Crippen LogP contribution in [0.4, 0.5) is 0 Å². The SMILES string of the molecule is CC1=CCC(/C=C/C=O)C(Cl)=C1. The smallest absolute Gasteiger partial charge is 0.142 e. The fourth-order valence-corrected chi connectivity index (χ4v) is 1.49. The van der Waals surface area contributed by atoms with Gasteiger partial charge in [-0.3, -0.25) is 4.79 Å². The molecule has 64 valence electrons. The van der Waals surface area contributed by atoms with Gasteiger partial charge in [-0.25, -0.2) is 0 Å². The standard InChI is InChI=1S/C10H11ClO/c1-8-4-5-9(3-2-6-12)10(11)7-8/h2-4,6-7,9H,5H2,1H3/b3-2+. The second-order valence-electron chi connectivity index (χ2n) is 2.84. The third-order valence-electron chi connectivity index (χ3n) is 1.84. The molecule has 1 unspecified atom stereocenters. The van der Waals surface area contributed by atoms with Crippen LogP contribution in [0.3, 0.4) is 0 Å². The lowest BCUT2D eigenvalue weighted by Gasteiger charge is -2.14. The number of halogens is 1. The number of hydrogen-bond acceptors (Lipinski definition) is 1. The van der Waals surface area contributed by atoms with E-state index in [4.69, 9.17) is 11.6 Å². The van der Waals surface area contributed by atoms with Gasteiger partial charge in [-0.1, -0.05) is 29.3 Å². The van der Waals surface area contributed by atoms with Gasteiger partial charge in [0.2, 0.25) is 0 Å². The summed E-state index contributed by atoms with van der Waals surface area (Å²) < 4.78 is 0. The number of allylic oxidation sites excluding steroid dienone is 6. The molecular weight excluding hydrogens is 172 g/mol. The van der Waals surface area contributed by atoms with Gasteiger partial charge in [0, 0.05) is 11.0 Å². The average molecular weight is 183 g/mol. The first kappa shape index (κ1) is 9.27. The highest BCUT2D eigenvalue weighted by Crippen LogP contribution is 2.27. The average Bonchev–Trinajstić information content (AvgIpc) is 2.03. The van der Waals surface area contributed by atoms with E-state index in [1.807, 2.05) is 19.1 Å². The van der Waals surface area contributed by atoms with Gasteiger partial charge >= 0.3 is 0 Å². The lowest BCUT2D eigenvalue weighted by atomic mass is 9.97. The van der Waals surface area contributed by atoms with E-state index in [0.717, 1.165) is 17.7 Å². The number of carbonyl (C=O) groups excluding carboxylic acids is 1. The summed E-state index contributed by atoms with van der Waals surface area (Å²) in [6.07, 6.45) is 9.04. The van der Waals surface area contributed by atoms with E-state index >= 15 is 0 Å². The van der Waals surface area contributed by atoms with E-state index in [2.05, 4.69) is 6.08 Å². The Hall–Kier alpha value is -0.820. The van der Waals surface area contributed by atoms with Crippen LogP contribution in [0.25, 0.3) is 0 Å². The number of rotatable bonds is 2. The predicted molar refractivity (Wildman–Crippen MR) is 51.0 cm³/mol. The topological polar surface area (TPSA) is 17.1 Å². The first-order chi connectivity index (χ1) is 5.74. The summed E-state index contributed by atoms with van der Waals surface area (Å²) in [6, 6.07) is 0. The maximum Gasteiger partial charge on any atom is 0.142 e. The van der Waals surface area contributed by atoms with Crippen molar-refractivity contribution in [2.24, 2.45) is 5.92 Å². The highest BCUT2D eigenvalue weighted by Gasteiger charge is 2.11. The van der Waals surface area contributed by atoms with Crippen LogP contribution in [0.5, 0.6) is 0 Å². The molecule has 0 aromatic carbocycles.